The normalized spacial score (nSPS) is 19.3. The fraction of sp³-hybridized carbons (Fsp3) is 0.571. The van der Waals surface area contributed by atoms with E-state index in [-0.39, 0.29) is 0 Å². The van der Waals surface area contributed by atoms with Gasteiger partial charge in [0.1, 0.15) is 0 Å². The van der Waals surface area contributed by atoms with Crippen molar-refractivity contribution in [2.45, 2.75) is 38.1 Å². The topological polar surface area (TPSA) is 29.3 Å². The van der Waals surface area contributed by atoms with E-state index in [0.717, 1.165) is 19.5 Å². The van der Waals surface area contributed by atoms with E-state index in [4.69, 9.17) is 5.73 Å². The van der Waals surface area contributed by atoms with Crippen LogP contribution in [0.3, 0.4) is 0 Å². The third-order valence-electron chi connectivity index (χ3n) is 3.31. The lowest BCUT2D eigenvalue weighted by atomic mass is 10.1. The Labute approximate surface area is 109 Å². The molecule has 0 spiro atoms. The van der Waals surface area contributed by atoms with Crippen LogP contribution in [-0.2, 0) is 0 Å². The highest BCUT2D eigenvalue weighted by atomic mass is 32.2. The van der Waals surface area contributed by atoms with Crippen molar-refractivity contribution < 1.29 is 0 Å². The van der Waals surface area contributed by atoms with E-state index in [1.807, 2.05) is 11.8 Å². The SMILES string of the molecule is Cc1cc(C)c2c(c1)N(CCCN)C(C)CS2. The van der Waals surface area contributed by atoms with Crippen LogP contribution >= 0.6 is 11.8 Å². The molecule has 1 heterocycles. The van der Waals surface area contributed by atoms with Gasteiger partial charge in [0.2, 0.25) is 0 Å². The summed E-state index contributed by atoms with van der Waals surface area (Å²) in [6.07, 6.45) is 1.07. The van der Waals surface area contributed by atoms with Crippen LogP contribution in [0.15, 0.2) is 17.0 Å². The highest BCUT2D eigenvalue weighted by Crippen LogP contribution is 2.40. The first-order valence-corrected chi connectivity index (χ1v) is 7.32. The minimum absolute atomic E-state index is 0.611. The van der Waals surface area contributed by atoms with Crippen LogP contribution in [0, 0.1) is 13.8 Å². The number of nitrogens with zero attached hydrogens (tertiary/aromatic N) is 1. The fourth-order valence-corrected chi connectivity index (χ4v) is 3.67. The molecule has 94 valence electrons. The Morgan fingerprint density at radius 3 is 2.88 bits per heavy atom. The first-order valence-electron chi connectivity index (χ1n) is 6.34. The molecule has 3 heteroatoms. The number of aryl methyl sites for hydroxylation is 2. The molecule has 0 fully saturated rings. The summed E-state index contributed by atoms with van der Waals surface area (Å²) >= 11 is 2.00. The van der Waals surface area contributed by atoms with Gasteiger partial charge >= 0.3 is 0 Å². The Bertz CT molecular complexity index is 403. The maximum Gasteiger partial charge on any atom is 0.0512 e. The van der Waals surface area contributed by atoms with Gasteiger partial charge in [0.05, 0.1) is 5.69 Å². The second kappa shape index (κ2) is 5.32. The Hall–Kier alpha value is -0.670. The number of nitrogens with two attached hydrogens (primary N) is 1. The average Bonchev–Trinajstić information content (AvgIpc) is 2.27. The number of benzene rings is 1. The monoisotopic (exact) mass is 250 g/mol. The highest BCUT2D eigenvalue weighted by molar-refractivity contribution is 7.99. The maximum absolute atomic E-state index is 5.64. The molecule has 2 nitrogen and oxygen atoms in total. The van der Waals surface area contributed by atoms with E-state index >= 15 is 0 Å². The third kappa shape index (κ3) is 2.61. The van der Waals surface area contributed by atoms with Crippen LogP contribution in [0.25, 0.3) is 0 Å². The van der Waals surface area contributed by atoms with Crippen LogP contribution in [-0.4, -0.2) is 24.9 Å². The molecule has 0 saturated heterocycles. The van der Waals surface area contributed by atoms with Gasteiger partial charge in [0.25, 0.3) is 0 Å². The number of fused-ring (bicyclic) bond motifs is 1. The molecule has 1 aliphatic heterocycles. The molecule has 1 aliphatic rings. The summed E-state index contributed by atoms with van der Waals surface area (Å²) in [4.78, 5) is 3.99. The Morgan fingerprint density at radius 1 is 1.41 bits per heavy atom. The summed E-state index contributed by atoms with van der Waals surface area (Å²) in [5, 5.41) is 0. The fourth-order valence-electron chi connectivity index (χ4n) is 2.47. The average molecular weight is 250 g/mol. The molecule has 0 amide bonds. The van der Waals surface area contributed by atoms with Crippen LogP contribution in [0.5, 0.6) is 0 Å². The van der Waals surface area contributed by atoms with E-state index in [1.165, 1.54) is 27.5 Å². The summed E-state index contributed by atoms with van der Waals surface area (Å²) in [5.41, 5.74) is 9.82. The summed E-state index contributed by atoms with van der Waals surface area (Å²) in [6, 6.07) is 5.21. The molecule has 2 rings (SSSR count). The minimum Gasteiger partial charge on any atom is -0.367 e. The van der Waals surface area contributed by atoms with Gasteiger partial charge in [0, 0.05) is 23.2 Å². The van der Waals surface area contributed by atoms with Gasteiger partial charge < -0.3 is 10.6 Å². The van der Waals surface area contributed by atoms with Crippen molar-refractivity contribution in [1.82, 2.24) is 0 Å². The summed E-state index contributed by atoms with van der Waals surface area (Å²) in [7, 11) is 0. The zero-order valence-corrected chi connectivity index (χ0v) is 11.8. The first kappa shape index (κ1) is 12.8. The molecule has 1 aromatic rings. The highest BCUT2D eigenvalue weighted by Gasteiger charge is 2.24. The number of hydrogen-bond donors (Lipinski definition) is 1. The van der Waals surface area contributed by atoms with Crippen molar-refractivity contribution in [3.8, 4) is 0 Å². The van der Waals surface area contributed by atoms with Gasteiger partial charge in [-0.3, -0.25) is 0 Å². The van der Waals surface area contributed by atoms with Crippen molar-refractivity contribution >= 4 is 17.4 Å². The Kier molecular flexibility index (Phi) is 4.00. The predicted molar refractivity (Wildman–Crippen MR) is 77.1 cm³/mol. The Balaban J connectivity index is 2.36. The van der Waals surface area contributed by atoms with Gasteiger partial charge in [-0.2, -0.15) is 0 Å². The second-order valence-corrected chi connectivity index (χ2v) is 5.96. The molecular formula is C14H22N2S. The lowest BCUT2D eigenvalue weighted by molar-refractivity contribution is 0.651. The lowest BCUT2D eigenvalue weighted by Crippen LogP contribution is -2.39. The molecule has 1 atom stereocenters. The molecule has 1 unspecified atom stereocenters. The summed E-state index contributed by atoms with van der Waals surface area (Å²) < 4.78 is 0. The summed E-state index contributed by atoms with van der Waals surface area (Å²) in [5.74, 6) is 1.18. The predicted octanol–water partition coefficient (Wildman–Crippen LogP) is 2.95. The van der Waals surface area contributed by atoms with Gasteiger partial charge in [-0.25, -0.2) is 0 Å². The van der Waals surface area contributed by atoms with E-state index in [1.54, 1.807) is 0 Å². The quantitative estimate of drug-likeness (QED) is 0.894. The van der Waals surface area contributed by atoms with E-state index in [2.05, 4.69) is 37.8 Å². The van der Waals surface area contributed by atoms with Gasteiger partial charge in [-0.15, -0.1) is 11.8 Å². The maximum atomic E-state index is 5.64. The molecule has 0 saturated carbocycles. The smallest absolute Gasteiger partial charge is 0.0512 e. The van der Waals surface area contributed by atoms with E-state index < -0.39 is 0 Å². The molecule has 0 bridgehead atoms. The molecule has 2 N–H and O–H groups in total. The largest absolute Gasteiger partial charge is 0.367 e. The van der Waals surface area contributed by atoms with Crippen molar-refractivity contribution in [3.63, 3.8) is 0 Å². The number of thioether (sulfide) groups is 1. The van der Waals surface area contributed by atoms with Crippen molar-refractivity contribution in [3.05, 3.63) is 23.3 Å². The zero-order chi connectivity index (χ0) is 12.4. The molecule has 1 aromatic carbocycles. The van der Waals surface area contributed by atoms with Crippen molar-refractivity contribution in [2.75, 3.05) is 23.7 Å². The minimum atomic E-state index is 0.611. The third-order valence-corrected chi connectivity index (χ3v) is 4.78. The van der Waals surface area contributed by atoms with E-state index in [9.17, 15) is 0 Å². The van der Waals surface area contributed by atoms with Gasteiger partial charge in [-0.05, 0) is 50.9 Å². The van der Waals surface area contributed by atoms with Gasteiger partial charge in [0.15, 0.2) is 0 Å². The number of anilines is 1. The number of hydrogen-bond acceptors (Lipinski definition) is 3. The lowest BCUT2D eigenvalue weighted by Gasteiger charge is -2.37. The number of rotatable bonds is 3. The zero-order valence-electron chi connectivity index (χ0n) is 11.0. The Morgan fingerprint density at radius 2 is 2.18 bits per heavy atom. The van der Waals surface area contributed by atoms with Crippen molar-refractivity contribution in [1.29, 1.82) is 0 Å². The molecule has 0 radical (unpaired) electrons. The van der Waals surface area contributed by atoms with Gasteiger partial charge in [-0.1, -0.05) is 6.07 Å². The van der Waals surface area contributed by atoms with Crippen LogP contribution in [0.2, 0.25) is 0 Å². The molecule has 17 heavy (non-hydrogen) atoms. The van der Waals surface area contributed by atoms with E-state index in [0.29, 0.717) is 6.04 Å². The second-order valence-electron chi connectivity index (χ2n) is 4.93. The first-order chi connectivity index (χ1) is 8.13. The molecule has 0 aliphatic carbocycles. The van der Waals surface area contributed by atoms with Crippen LogP contribution < -0.4 is 10.6 Å². The van der Waals surface area contributed by atoms with Crippen molar-refractivity contribution in [2.24, 2.45) is 5.73 Å². The van der Waals surface area contributed by atoms with Crippen LogP contribution in [0.4, 0.5) is 5.69 Å². The van der Waals surface area contributed by atoms with Crippen LogP contribution in [0.1, 0.15) is 24.5 Å². The molecule has 0 aromatic heterocycles. The molecular weight excluding hydrogens is 228 g/mol. The standard InChI is InChI=1S/C14H22N2S/c1-10-7-11(2)14-13(8-10)16(6-4-5-15)12(3)9-17-14/h7-8,12H,4-6,9,15H2,1-3H3. The summed E-state index contributed by atoms with van der Waals surface area (Å²) in [6.45, 7) is 8.56.